The normalized spacial score (nSPS) is 11.2. The predicted molar refractivity (Wildman–Crippen MR) is 87.3 cm³/mol. The highest BCUT2D eigenvalue weighted by molar-refractivity contribution is 5.86. The summed E-state index contributed by atoms with van der Waals surface area (Å²) >= 11 is 0. The molecule has 0 bridgehead atoms. The molecule has 1 aliphatic carbocycles. The maximum absolute atomic E-state index is 12.0. The van der Waals surface area contributed by atoms with Gasteiger partial charge in [-0.15, -0.1) is 0 Å². The van der Waals surface area contributed by atoms with Crippen LogP contribution in [0.15, 0.2) is 57.7 Å². The van der Waals surface area contributed by atoms with Gasteiger partial charge in [0.1, 0.15) is 28.5 Å². The molecule has 0 amide bonds. The second-order valence-electron chi connectivity index (χ2n) is 5.38. The van der Waals surface area contributed by atoms with E-state index in [1.165, 1.54) is 42.5 Å². The van der Waals surface area contributed by atoms with E-state index in [1.807, 2.05) is 0 Å². The summed E-state index contributed by atoms with van der Waals surface area (Å²) in [5.74, 6) is 0.0112. The van der Waals surface area contributed by atoms with Gasteiger partial charge in [0, 0.05) is 29.3 Å². The fourth-order valence-electron chi connectivity index (χ4n) is 2.64. The second kappa shape index (κ2) is 4.99. The van der Waals surface area contributed by atoms with Gasteiger partial charge in [0.05, 0.1) is 0 Å². The molecule has 6 heteroatoms. The number of nitrogens with zero attached hydrogens (tertiary/aromatic N) is 1. The first-order valence-corrected chi connectivity index (χ1v) is 7.11. The Hall–Kier alpha value is -3.54. The van der Waals surface area contributed by atoms with Gasteiger partial charge in [0.25, 0.3) is 0 Å². The molecule has 1 aliphatic heterocycles. The van der Waals surface area contributed by atoms with Gasteiger partial charge in [-0.1, -0.05) is 0 Å². The Kier molecular flexibility index (Phi) is 2.93. The second-order valence-corrected chi connectivity index (χ2v) is 5.38. The van der Waals surface area contributed by atoms with Crippen molar-refractivity contribution in [2.45, 2.75) is 0 Å². The number of aromatic hydroxyl groups is 3. The van der Waals surface area contributed by atoms with Crippen molar-refractivity contribution in [1.82, 2.24) is 4.98 Å². The molecular formula is C18H11NO5. The lowest BCUT2D eigenvalue weighted by atomic mass is 9.99. The van der Waals surface area contributed by atoms with Gasteiger partial charge in [-0.2, -0.15) is 0 Å². The Balaban J connectivity index is 2.09. The average Bonchev–Trinajstić information content (AvgIpc) is 2.52. The first-order valence-electron chi connectivity index (χ1n) is 7.11. The number of rotatable bonds is 1. The minimum absolute atomic E-state index is 0.0297. The van der Waals surface area contributed by atoms with Crippen molar-refractivity contribution >= 4 is 11.1 Å². The molecule has 0 fully saturated rings. The Bertz CT molecular complexity index is 1120. The fourth-order valence-corrected chi connectivity index (χ4v) is 2.64. The summed E-state index contributed by atoms with van der Waals surface area (Å²) in [6, 6.07) is 11.2. The van der Waals surface area contributed by atoms with E-state index in [1.54, 1.807) is 6.07 Å². The topological polar surface area (TPSA) is 104 Å². The molecule has 6 nitrogen and oxygen atoms in total. The van der Waals surface area contributed by atoms with E-state index in [0.717, 1.165) is 0 Å². The minimum Gasteiger partial charge on any atom is -0.508 e. The maximum Gasteiger partial charge on any atom is 0.183 e. The van der Waals surface area contributed by atoms with Gasteiger partial charge in [-0.05, 0) is 30.3 Å². The molecule has 0 aromatic heterocycles. The van der Waals surface area contributed by atoms with Crippen molar-refractivity contribution in [2.24, 2.45) is 0 Å². The molecule has 0 saturated heterocycles. The molecule has 0 saturated carbocycles. The van der Waals surface area contributed by atoms with Gasteiger partial charge in [0.2, 0.25) is 0 Å². The number of hydrogen-bond donors (Lipinski definition) is 3. The molecule has 2 aromatic rings. The summed E-state index contributed by atoms with van der Waals surface area (Å²) in [6.07, 6.45) is 0. The Morgan fingerprint density at radius 1 is 0.833 bits per heavy atom. The maximum atomic E-state index is 12.0. The first-order chi connectivity index (χ1) is 11.5. The van der Waals surface area contributed by atoms with E-state index in [9.17, 15) is 20.1 Å². The number of aromatic nitrogens is 1. The van der Waals surface area contributed by atoms with Crippen LogP contribution in [0.5, 0.6) is 17.2 Å². The highest BCUT2D eigenvalue weighted by Crippen LogP contribution is 2.38. The predicted octanol–water partition coefficient (Wildman–Crippen LogP) is 3.08. The largest absolute Gasteiger partial charge is 0.508 e. The molecule has 1 heterocycles. The molecule has 118 valence electrons. The number of phenols is 3. The third-order valence-electron chi connectivity index (χ3n) is 3.72. The van der Waals surface area contributed by atoms with E-state index in [0.29, 0.717) is 27.9 Å². The summed E-state index contributed by atoms with van der Waals surface area (Å²) in [5.41, 5.74) is 1.68. The van der Waals surface area contributed by atoms with E-state index >= 15 is 0 Å². The van der Waals surface area contributed by atoms with Crippen LogP contribution in [0.4, 0.5) is 0 Å². The number of fused-ring (bicyclic) bond motifs is 2. The van der Waals surface area contributed by atoms with E-state index in [4.69, 9.17) is 4.42 Å². The average molecular weight is 321 g/mol. The van der Waals surface area contributed by atoms with Crippen molar-refractivity contribution in [3.05, 3.63) is 58.8 Å². The van der Waals surface area contributed by atoms with Crippen LogP contribution in [0.1, 0.15) is 0 Å². The van der Waals surface area contributed by atoms with Crippen LogP contribution in [0.25, 0.3) is 33.7 Å². The molecule has 0 spiro atoms. The molecule has 2 aromatic carbocycles. The third-order valence-corrected chi connectivity index (χ3v) is 3.72. The Morgan fingerprint density at radius 2 is 1.58 bits per heavy atom. The lowest BCUT2D eigenvalue weighted by Crippen LogP contribution is -2.03. The van der Waals surface area contributed by atoms with Crippen molar-refractivity contribution in [1.29, 1.82) is 0 Å². The van der Waals surface area contributed by atoms with Crippen LogP contribution in [-0.4, -0.2) is 20.3 Å². The van der Waals surface area contributed by atoms with Gasteiger partial charge < -0.3 is 19.7 Å². The van der Waals surface area contributed by atoms with Crippen LogP contribution in [-0.2, 0) is 0 Å². The van der Waals surface area contributed by atoms with Gasteiger partial charge >= 0.3 is 0 Å². The van der Waals surface area contributed by atoms with Gasteiger partial charge in [-0.3, -0.25) is 4.79 Å². The highest BCUT2D eigenvalue weighted by atomic mass is 16.3. The number of phenolic OH excluding ortho intramolecular Hbond substituents is 3. The number of benzene rings is 3. The summed E-state index contributed by atoms with van der Waals surface area (Å²) in [5, 5.41) is 29.1. The van der Waals surface area contributed by atoms with Gasteiger partial charge in [0.15, 0.2) is 16.8 Å². The monoisotopic (exact) mass is 321 g/mol. The third kappa shape index (κ3) is 2.21. The molecule has 4 rings (SSSR count). The van der Waals surface area contributed by atoms with E-state index in [2.05, 4.69) is 4.98 Å². The minimum atomic E-state index is -0.310. The van der Waals surface area contributed by atoms with Crippen molar-refractivity contribution in [2.75, 3.05) is 0 Å². The van der Waals surface area contributed by atoms with Crippen LogP contribution in [0.3, 0.4) is 0 Å². The van der Waals surface area contributed by atoms with Crippen molar-refractivity contribution < 1.29 is 19.7 Å². The summed E-state index contributed by atoms with van der Waals surface area (Å²) in [4.78, 5) is 16.5. The van der Waals surface area contributed by atoms with Crippen LogP contribution in [0, 0.1) is 0 Å². The van der Waals surface area contributed by atoms with E-state index in [-0.39, 0.29) is 28.4 Å². The quantitative estimate of drug-likeness (QED) is 0.465. The zero-order valence-electron chi connectivity index (χ0n) is 12.2. The molecule has 2 aliphatic rings. The molecule has 0 radical (unpaired) electrons. The molecule has 0 atom stereocenters. The van der Waals surface area contributed by atoms with Crippen molar-refractivity contribution in [3.63, 3.8) is 0 Å². The molecular weight excluding hydrogens is 310 g/mol. The first kappa shape index (κ1) is 14.1. The standard InChI is InChI=1S/C18H11NO5/c20-9-1-3-12(15(23)6-9)13-5-11(22)8-17-18(13)19-14-4-2-10(21)7-16(14)24-17/h1-8,20-21,23H. The summed E-state index contributed by atoms with van der Waals surface area (Å²) < 4.78 is 5.68. The summed E-state index contributed by atoms with van der Waals surface area (Å²) in [7, 11) is 0. The number of hydrogen-bond acceptors (Lipinski definition) is 6. The SMILES string of the molecule is O=c1cc2oc3cc(O)ccc3nc-2c(-c2ccc(O)cc2O)c1. The zero-order valence-corrected chi connectivity index (χ0v) is 12.2. The lowest BCUT2D eigenvalue weighted by Gasteiger charge is -2.12. The highest BCUT2D eigenvalue weighted by Gasteiger charge is 2.19. The van der Waals surface area contributed by atoms with Gasteiger partial charge in [-0.25, -0.2) is 4.98 Å². The smallest absolute Gasteiger partial charge is 0.183 e. The van der Waals surface area contributed by atoms with Crippen LogP contribution < -0.4 is 5.43 Å². The Morgan fingerprint density at radius 3 is 2.38 bits per heavy atom. The van der Waals surface area contributed by atoms with Crippen LogP contribution >= 0.6 is 0 Å². The molecule has 3 N–H and O–H groups in total. The lowest BCUT2D eigenvalue weighted by molar-refractivity contribution is 0.452. The Labute approximate surface area is 135 Å². The summed E-state index contributed by atoms with van der Waals surface area (Å²) in [6.45, 7) is 0. The zero-order chi connectivity index (χ0) is 16.8. The molecule has 24 heavy (non-hydrogen) atoms. The van der Waals surface area contributed by atoms with Crippen LogP contribution in [0.2, 0.25) is 0 Å². The van der Waals surface area contributed by atoms with E-state index < -0.39 is 0 Å². The molecule has 0 unspecified atom stereocenters. The fraction of sp³-hybridized carbons (Fsp3) is 0. The van der Waals surface area contributed by atoms with Crippen molar-refractivity contribution in [3.8, 4) is 39.8 Å².